The van der Waals surface area contributed by atoms with Gasteiger partial charge in [-0.1, -0.05) is 30.3 Å². The normalized spacial score (nSPS) is 14.5. The molecule has 0 amide bonds. The lowest BCUT2D eigenvalue weighted by atomic mass is 9.90. The highest BCUT2D eigenvalue weighted by Gasteiger charge is 2.25. The number of allylic oxidation sites excluding steroid dienone is 3. The number of ether oxygens (including phenoxy) is 2. The Balaban J connectivity index is 0.00000280. The zero-order valence-corrected chi connectivity index (χ0v) is 22.6. The van der Waals surface area contributed by atoms with Crippen molar-refractivity contribution in [3.8, 4) is 11.5 Å². The van der Waals surface area contributed by atoms with Gasteiger partial charge in [0.05, 0.1) is 11.6 Å². The minimum atomic E-state index is -0.391. The van der Waals surface area contributed by atoms with E-state index in [4.69, 9.17) is 13.9 Å². The van der Waals surface area contributed by atoms with Gasteiger partial charge >= 0.3 is 11.9 Å². The van der Waals surface area contributed by atoms with Gasteiger partial charge in [0.1, 0.15) is 23.8 Å². The summed E-state index contributed by atoms with van der Waals surface area (Å²) in [6.45, 7) is 2.94. The number of benzene rings is 3. The van der Waals surface area contributed by atoms with Crippen molar-refractivity contribution in [3.63, 3.8) is 0 Å². The Morgan fingerprint density at radius 3 is 2.65 bits per heavy atom. The molecule has 0 atom stereocenters. The Kier molecular flexibility index (Phi) is 7.28. The molecular weight excluding hydrogens is 577 g/mol. The number of hydrogen-bond donors (Lipinski definition) is 0. The Hall–Kier alpha value is -3.65. The number of carbonyl (C=O) groups excluding carboxylic acids is 1. The SMILES string of the molecule is CC[n+]1c(C=CC2=C3Oc4cc(OC(=O)c5ccccc5)ccc4C=C3CCC2)oc2ccccc21.[I-]. The molecule has 2 heterocycles. The first-order valence-electron chi connectivity index (χ1n) is 12.3. The van der Waals surface area contributed by atoms with Crippen LogP contribution in [0.15, 0.2) is 100 Å². The van der Waals surface area contributed by atoms with Gasteiger partial charge in [0, 0.05) is 17.7 Å². The Morgan fingerprint density at radius 1 is 1.00 bits per heavy atom. The number of para-hydroxylation sites is 2. The van der Waals surface area contributed by atoms with Crippen LogP contribution in [0.5, 0.6) is 11.5 Å². The van der Waals surface area contributed by atoms with Crippen LogP contribution >= 0.6 is 0 Å². The second-order valence-corrected chi connectivity index (χ2v) is 8.92. The van der Waals surface area contributed by atoms with Crippen LogP contribution in [0.2, 0.25) is 0 Å². The lowest BCUT2D eigenvalue weighted by Crippen LogP contribution is -3.00. The number of rotatable bonds is 5. The number of oxazole rings is 1. The van der Waals surface area contributed by atoms with Crippen molar-refractivity contribution in [1.82, 2.24) is 0 Å². The van der Waals surface area contributed by atoms with E-state index in [-0.39, 0.29) is 24.0 Å². The number of halogens is 1. The highest BCUT2D eigenvalue weighted by atomic mass is 127. The fraction of sp³-hybridized carbons (Fsp3) is 0.161. The first-order chi connectivity index (χ1) is 17.7. The number of esters is 1. The number of carbonyl (C=O) groups is 1. The molecule has 1 aromatic heterocycles. The molecule has 0 fully saturated rings. The molecule has 1 aliphatic heterocycles. The lowest BCUT2D eigenvalue weighted by molar-refractivity contribution is -0.674. The van der Waals surface area contributed by atoms with Crippen LogP contribution in [-0.2, 0) is 6.54 Å². The molecule has 4 aromatic rings. The summed E-state index contributed by atoms with van der Waals surface area (Å²) in [7, 11) is 0. The second-order valence-electron chi connectivity index (χ2n) is 8.92. The lowest BCUT2D eigenvalue weighted by Gasteiger charge is -2.26. The molecule has 0 saturated heterocycles. The first-order valence-corrected chi connectivity index (χ1v) is 12.3. The van der Waals surface area contributed by atoms with Gasteiger partial charge in [0.15, 0.2) is 0 Å². The second kappa shape index (κ2) is 10.8. The van der Waals surface area contributed by atoms with Crippen LogP contribution in [0, 0.1) is 0 Å². The first kappa shape index (κ1) is 25.0. The van der Waals surface area contributed by atoms with Crippen LogP contribution in [-0.4, -0.2) is 5.97 Å². The number of fused-ring (bicyclic) bond motifs is 3. The van der Waals surface area contributed by atoms with Gasteiger partial charge in [-0.15, -0.1) is 0 Å². The molecule has 6 rings (SSSR count). The standard InChI is InChI=1S/C31H26NO4.HI/c1-2-32-26-13-6-7-14-27(26)35-29(32)18-16-21-11-8-12-24-19-23-15-17-25(20-28(23)36-30(21)24)34-31(33)22-9-4-3-5-10-22;/h3-7,9-10,13-20H,2,8,11-12H2,1H3;1H/q+1;/p-1. The molecule has 186 valence electrons. The van der Waals surface area contributed by atoms with Gasteiger partial charge in [-0.25, -0.2) is 4.79 Å². The van der Waals surface area contributed by atoms with Gasteiger partial charge in [0.25, 0.3) is 5.52 Å². The van der Waals surface area contributed by atoms with Crippen LogP contribution in [0.25, 0.3) is 23.3 Å². The highest BCUT2D eigenvalue weighted by molar-refractivity contribution is 5.91. The van der Waals surface area contributed by atoms with Crippen LogP contribution in [0.1, 0.15) is 48.0 Å². The van der Waals surface area contributed by atoms with Gasteiger partial charge < -0.3 is 37.9 Å². The maximum absolute atomic E-state index is 12.5. The van der Waals surface area contributed by atoms with E-state index in [2.05, 4.69) is 29.7 Å². The summed E-state index contributed by atoms with van der Waals surface area (Å²) in [4.78, 5) is 12.5. The van der Waals surface area contributed by atoms with Gasteiger partial charge in [-0.2, -0.15) is 4.57 Å². The summed E-state index contributed by atoms with van der Waals surface area (Å²) < 4.78 is 20.3. The Labute approximate surface area is 232 Å². The summed E-state index contributed by atoms with van der Waals surface area (Å²) >= 11 is 0. The maximum atomic E-state index is 12.5. The minimum Gasteiger partial charge on any atom is -1.00 e. The number of nitrogens with zero attached hydrogens (tertiary/aromatic N) is 1. The third-order valence-electron chi connectivity index (χ3n) is 6.60. The molecule has 6 heteroatoms. The van der Waals surface area contributed by atoms with E-state index in [0.717, 1.165) is 59.7 Å². The third-order valence-corrected chi connectivity index (χ3v) is 6.60. The van der Waals surface area contributed by atoms with Crippen molar-refractivity contribution in [2.75, 3.05) is 0 Å². The van der Waals surface area contributed by atoms with Crippen molar-refractivity contribution in [3.05, 3.63) is 113 Å². The maximum Gasteiger partial charge on any atom is 0.374 e. The monoisotopic (exact) mass is 603 g/mol. The summed E-state index contributed by atoms with van der Waals surface area (Å²) in [5.74, 6) is 2.45. The van der Waals surface area contributed by atoms with E-state index in [9.17, 15) is 4.79 Å². The van der Waals surface area contributed by atoms with Crippen molar-refractivity contribution in [1.29, 1.82) is 0 Å². The van der Waals surface area contributed by atoms with Crippen LogP contribution in [0.3, 0.4) is 0 Å². The number of aromatic nitrogens is 1. The molecule has 0 spiro atoms. The highest BCUT2D eigenvalue weighted by Crippen LogP contribution is 2.41. The van der Waals surface area contributed by atoms with Crippen molar-refractivity contribution in [2.45, 2.75) is 32.7 Å². The zero-order chi connectivity index (χ0) is 24.5. The van der Waals surface area contributed by atoms with Crippen molar-refractivity contribution < 1.29 is 47.2 Å². The van der Waals surface area contributed by atoms with E-state index >= 15 is 0 Å². The molecule has 3 aromatic carbocycles. The molecule has 0 unspecified atom stereocenters. The molecular formula is C31H26INO4. The Morgan fingerprint density at radius 2 is 1.81 bits per heavy atom. The number of hydrogen-bond acceptors (Lipinski definition) is 4. The van der Waals surface area contributed by atoms with Gasteiger partial charge in [0.2, 0.25) is 5.58 Å². The summed E-state index contributed by atoms with van der Waals surface area (Å²) in [5.41, 5.74) is 5.78. The average Bonchev–Trinajstić information content (AvgIpc) is 3.28. The largest absolute Gasteiger partial charge is 1.00 e. The van der Waals surface area contributed by atoms with Crippen molar-refractivity contribution >= 4 is 29.2 Å². The summed E-state index contributed by atoms with van der Waals surface area (Å²) in [5, 5.41) is 0. The van der Waals surface area contributed by atoms with Gasteiger partial charge in [-0.05, 0) is 79.8 Å². The molecule has 0 saturated carbocycles. The van der Waals surface area contributed by atoms with Crippen LogP contribution in [0.4, 0.5) is 0 Å². The fourth-order valence-corrected chi connectivity index (χ4v) is 4.83. The van der Waals surface area contributed by atoms with Crippen molar-refractivity contribution in [2.24, 2.45) is 0 Å². The topological polar surface area (TPSA) is 52.5 Å². The van der Waals surface area contributed by atoms with E-state index in [1.165, 1.54) is 5.57 Å². The van der Waals surface area contributed by atoms with Gasteiger partial charge in [-0.3, -0.25) is 0 Å². The number of aryl methyl sites for hydroxylation is 1. The van der Waals surface area contributed by atoms with E-state index in [1.54, 1.807) is 18.2 Å². The summed E-state index contributed by atoms with van der Waals surface area (Å²) in [6, 6.07) is 22.6. The summed E-state index contributed by atoms with van der Waals surface area (Å²) in [6.07, 6.45) is 9.28. The molecule has 2 aliphatic rings. The van der Waals surface area contributed by atoms with Crippen LogP contribution < -0.4 is 38.0 Å². The predicted molar refractivity (Wildman–Crippen MR) is 138 cm³/mol. The minimum absolute atomic E-state index is 0. The predicted octanol–water partition coefficient (Wildman–Crippen LogP) is 3.89. The van der Waals surface area contributed by atoms with E-state index in [0.29, 0.717) is 17.1 Å². The Bertz CT molecular complexity index is 1560. The molecule has 0 N–H and O–H groups in total. The third kappa shape index (κ3) is 4.98. The fourth-order valence-electron chi connectivity index (χ4n) is 4.83. The molecule has 0 radical (unpaired) electrons. The molecule has 5 nitrogen and oxygen atoms in total. The molecule has 1 aliphatic carbocycles. The smallest absolute Gasteiger partial charge is 0.374 e. The molecule has 0 bridgehead atoms. The molecule has 37 heavy (non-hydrogen) atoms. The quantitative estimate of drug-likeness (QED) is 0.151. The average molecular weight is 603 g/mol. The van der Waals surface area contributed by atoms with E-state index in [1.807, 2.05) is 54.6 Å². The zero-order valence-electron chi connectivity index (χ0n) is 20.4. The van der Waals surface area contributed by atoms with E-state index < -0.39 is 5.97 Å².